The predicted octanol–water partition coefficient (Wildman–Crippen LogP) is 2.37. The highest BCUT2D eigenvalue weighted by Gasteiger charge is 2.25. The highest BCUT2D eigenvalue weighted by molar-refractivity contribution is 5.95. The summed E-state index contributed by atoms with van der Waals surface area (Å²) in [5, 5.41) is 18.4. The fraction of sp³-hybridized carbons (Fsp3) is 0.267. The Morgan fingerprint density at radius 3 is 2.62 bits per heavy atom. The maximum atomic E-state index is 12.1. The number of nitrogens with zero attached hydrogens (tertiary/aromatic N) is 1. The number of hydrogen-bond donors (Lipinski definition) is 3. The Kier molecular flexibility index (Phi) is 4.37. The number of aromatic nitrogens is 2. The molecule has 21 heavy (non-hydrogen) atoms. The fourth-order valence-electron chi connectivity index (χ4n) is 1.88. The molecule has 0 saturated heterocycles. The molecule has 0 aliphatic carbocycles. The van der Waals surface area contributed by atoms with Crippen LogP contribution in [-0.4, -0.2) is 27.2 Å². The lowest BCUT2D eigenvalue weighted by Crippen LogP contribution is -2.29. The molecule has 1 aromatic carbocycles. The molecule has 1 aromatic heterocycles. The topological polar surface area (TPSA) is 95.1 Å². The van der Waals surface area contributed by atoms with Crippen molar-refractivity contribution in [3.63, 3.8) is 0 Å². The largest absolute Gasteiger partial charge is 0.481 e. The molecule has 3 N–H and O–H groups in total. The van der Waals surface area contributed by atoms with E-state index >= 15 is 0 Å². The summed E-state index contributed by atoms with van der Waals surface area (Å²) < 4.78 is 0. The number of rotatable bonds is 5. The first-order valence-electron chi connectivity index (χ1n) is 6.62. The van der Waals surface area contributed by atoms with Crippen molar-refractivity contribution in [3.05, 3.63) is 36.5 Å². The van der Waals surface area contributed by atoms with Crippen LogP contribution in [0.3, 0.4) is 0 Å². The van der Waals surface area contributed by atoms with Gasteiger partial charge in [0, 0.05) is 23.4 Å². The average Bonchev–Trinajstić information content (AvgIpc) is 3.00. The van der Waals surface area contributed by atoms with Gasteiger partial charge in [0.15, 0.2) is 0 Å². The Morgan fingerprint density at radius 1 is 1.24 bits per heavy atom. The number of hydrogen-bond acceptors (Lipinski definition) is 3. The first-order chi connectivity index (χ1) is 9.99. The zero-order valence-corrected chi connectivity index (χ0v) is 11.8. The first kappa shape index (κ1) is 14.8. The minimum atomic E-state index is -0.983. The van der Waals surface area contributed by atoms with Gasteiger partial charge in [-0.3, -0.25) is 14.7 Å². The van der Waals surface area contributed by atoms with E-state index in [1.54, 1.807) is 19.2 Å². The van der Waals surface area contributed by atoms with Gasteiger partial charge in [0.2, 0.25) is 5.91 Å². The number of carbonyl (C=O) groups is 2. The summed E-state index contributed by atoms with van der Waals surface area (Å²) >= 11 is 0. The van der Waals surface area contributed by atoms with Crippen LogP contribution in [0.5, 0.6) is 0 Å². The maximum Gasteiger partial charge on any atom is 0.307 e. The number of carboxylic acids is 1. The van der Waals surface area contributed by atoms with Crippen molar-refractivity contribution in [3.8, 4) is 11.3 Å². The molecule has 110 valence electrons. The van der Waals surface area contributed by atoms with E-state index in [9.17, 15) is 9.59 Å². The van der Waals surface area contributed by atoms with Crippen molar-refractivity contribution >= 4 is 17.6 Å². The molecule has 2 atom stereocenters. The number of benzene rings is 1. The van der Waals surface area contributed by atoms with Gasteiger partial charge in [0.25, 0.3) is 0 Å². The predicted molar refractivity (Wildman–Crippen MR) is 78.6 cm³/mol. The van der Waals surface area contributed by atoms with Crippen LogP contribution >= 0.6 is 0 Å². The SMILES string of the molecule is CC(C(=O)O)C(C)C(=O)Nc1cccc(-c2ccn[nH]2)c1. The molecule has 0 fully saturated rings. The molecule has 2 aromatic rings. The zero-order valence-electron chi connectivity index (χ0n) is 11.8. The number of aromatic amines is 1. The number of H-pyrrole nitrogens is 1. The first-order valence-corrected chi connectivity index (χ1v) is 6.62. The van der Waals surface area contributed by atoms with Crippen LogP contribution < -0.4 is 5.32 Å². The summed E-state index contributed by atoms with van der Waals surface area (Å²) in [5.74, 6) is -2.64. The summed E-state index contributed by atoms with van der Waals surface area (Å²) in [4.78, 5) is 23.0. The molecule has 0 aliphatic heterocycles. The van der Waals surface area contributed by atoms with Crippen LogP contribution in [-0.2, 0) is 9.59 Å². The van der Waals surface area contributed by atoms with E-state index in [1.807, 2.05) is 24.3 Å². The van der Waals surface area contributed by atoms with Gasteiger partial charge in [-0.05, 0) is 18.2 Å². The minimum Gasteiger partial charge on any atom is -0.481 e. The van der Waals surface area contributed by atoms with E-state index in [0.29, 0.717) is 5.69 Å². The maximum absolute atomic E-state index is 12.1. The Balaban J connectivity index is 2.11. The number of carbonyl (C=O) groups excluding carboxylic acids is 1. The standard InChI is InChI=1S/C15H17N3O3/c1-9(10(2)15(20)21)14(19)17-12-5-3-4-11(8-12)13-6-7-16-18-13/h3-10H,1-2H3,(H,16,18)(H,17,19)(H,20,21). The molecule has 6 nitrogen and oxygen atoms in total. The third-order valence-electron chi connectivity index (χ3n) is 3.49. The molecule has 6 heteroatoms. The number of amides is 1. The number of aliphatic carboxylic acids is 1. The second-order valence-corrected chi connectivity index (χ2v) is 4.96. The van der Waals surface area contributed by atoms with Gasteiger partial charge in [0.1, 0.15) is 0 Å². The smallest absolute Gasteiger partial charge is 0.307 e. The Bertz CT molecular complexity index is 637. The molecule has 0 bridgehead atoms. The van der Waals surface area contributed by atoms with Crippen LogP contribution in [0.4, 0.5) is 5.69 Å². The van der Waals surface area contributed by atoms with Crippen molar-refractivity contribution in [2.75, 3.05) is 5.32 Å². The molecular formula is C15H17N3O3. The van der Waals surface area contributed by atoms with Crippen molar-refractivity contribution in [2.24, 2.45) is 11.8 Å². The second-order valence-electron chi connectivity index (χ2n) is 4.96. The Morgan fingerprint density at radius 2 is 2.00 bits per heavy atom. The lowest BCUT2D eigenvalue weighted by atomic mass is 9.95. The summed E-state index contributed by atoms with van der Waals surface area (Å²) in [6, 6.07) is 9.11. The van der Waals surface area contributed by atoms with Crippen LogP contribution in [0.1, 0.15) is 13.8 Å². The molecule has 0 saturated carbocycles. The lowest BCUT2D eigenvalue weighted by Gasteiger charge is -2.16. The normalized spacial score (nSPS) is 13.4. The summed E-state index contributed by atoms with van der Waals surface area (Å²) in [7, 11) is 0. The van der Waals surface area contributed by atoms with Gasteiger partial charge in [-0.1, -0.05) is 26.0 Å². The van der Waals surface area contributed by atoms with E-state index in [2.05, 4.69) is 15.5 Å². The van der Waals surface area contributed by atoms with Crippen molar-refractivity contribution in [1.82, 2.24) is 10.2 Å². The van der Waals surface area contributed by atoms with Crippen LogP contribution in [0, 0.1) is 11.8 Å². The monoisotopic (exact) mass is 287 g/mol. The molecule has 0 spiro atoms. The van der Waals surface area contributed by atoms with E-state index in [1.165, 1.54) is 6.92 Å². The van der Waals surface area contributed by atoms with Crippen LogP contribution in [0.15, 0.2) is 36.5 Å². The molecule has 0 radical (unpaired) electrons. The van der Waals surface area contributed by atoms with Crippen molar-refractivity contribution in [2.45, 2.75) is 13.8 Å². The molecule has 2 rings (SSSR count). The zero-order chi connectivity index (χ0) is 15.4. The van der Waals surface area contributed by atoms with E-state index < -0.39 is 17.8 Å². The van der Waals surface area contributed by atoms with Gasteiger partial charge in [-0.15, -0.1) is 0 Å². The number of anilines is 1. The van der Waals surface area contributed by atoms with Crippen molar-refractivity contribution < 1.29 is 14.7 Å². The van der Waals surface area contributed by atoms with E-state index in [4.69, 9.17) is 5.11 Å². The highest BCUT2D eigenvalue weighted by atomic mass is 16.4. The third-order valence-corrected chi connectivity index (χ3v) is 3.49. The summed E-state index contributed by atoms with van der Waals surface area (Å²) in [5.41, 5.74) is 2.36. The van der Waals surface area contributed by atoms with Gasteiger partial charge >= 0.3 is 5.97 Å². The summed E-state index contributed by atoms with van der Waals surface area (Å²) in [6.45, 7) is 3.13. The van der Waals surface area contributed by atoms with Gasteiger partial charge in [0.05, 0.1) is 11.6 Å². The number of carboxylic acid groups (broad SMARTS) is 1. The second kappa shape index (κ2) is 6.21. The molecule has 2 unspecified atom stereocenters. The van der Waals surface area contributed by atoms with Crippen LogP contribution in [0.25, 0.3) is 11.3 Å². The summed E-state index contributed by atoms with van der Waals surface area (Å²) in [6.07, 6.45) is 1.65. The van der Waals surface area contributed by atoms with Crippen molar-refractivity contribution in [1.29, 1.82) is 0 Å². The molecular weight excluding hydrogens is 270 g/mol. The average molecular weight is 287 g/mol. The fourth-order valence-corrected chi connectivity index (χ4v) is 1.88. The lowest BCUT2D eigenvalue weighted by molar-refractivity contribution is -0.145. The quantitative estimate of drug-likeness (QED) is 0.786. The van der Waals surface area contributed by atoms with E-state index in [0.717, 1.165) is 11.3 Å². The number of nitrogens with one attached hydrogen (secondary N) is 2. The highest BCUT2D eigenvalue weighted by Crippen LogP contribution is 2.21. The van der Waals surface area contributed by atoms with E-state index in [-0.39, 0.29) is 5.91 Å². The van der Waals surface area contributed by atoms with Gasteiger partial charge < -0.3 is 10.4 Å². The van der Waals surface area contributed by atoms with Crippen LogP contribution in [0.2, 0.25) is 0 Å². The van der Waals surface area contributed by atoms with Gasteiger partial charge in [-0.2, -0.15) is 5.10 Å². The molecule has 0 aliphatic rings. The Hall–Kier alpha value is -2.63. The Labute approximate surface area is 122 Å². The third kappa shape index (κ3) is 3.47. The van der Waals surface area contributed by atoms with Gasteiger partial charge in [-0.25, -0.2) is 0 Å². The molecule has 1 heterocycles. The minimum absolute atomic E-state index is 0.313. The molecule has 1 amide bonds.